The van der Waals surface area contributed by atoms with Gasteiger partial charge in [-0.05, 0) is 25.0 Å². The first-order valence-corrected chi connectivity index (χ1v) is 5.84. The van der Waals surface area contributed by atoms with Crippen molar-refractivity contribution in [3.8, 4) is 5.75 Å². The fourth-order valence-corrected chi connectivity index (χ4v) is 1.92. The molecule has 0 saturated heterocycles. The highest BCUT2D eigenvalue weighted by Gasteiger charge is 2.11. The van der Waals surface area contributed by atoms with Crippen LogP contribution in [0.1, 0.15) is 22.7 Å². The van der Waals surface area contributed by atoms with Crippen molar-refractivity contribution in [1.82, 2.24) is 9.97 Å². The second-order valence-corrected chi connectivity index (χ2v) is 4.30. The van der Waals surface area contributed by atoms with Gasteiger partial charge in [0.1, 0.15) is 12.1 Å². The molecule has 4 nitrogen and oxygen atoms in total. The number of aryl methyl sites for hydroxylation is 1. The van der Waals surface area contributed by atoms with Crippen molar-refractivity contribution in [2.45, 2.75) is 19.4 Å². The lowest BCUT2D eigenvalue weighted by molar-refractivity contribution is 0.408. The van der Waals surface area contributed by atoms with Gasteiger partial charge in [-0.3, -0.25) is 0 Å². The number of nitrogens with two attached hydrogens (primary N) is 1. The standard InChI is InChI=1S/C14H17N3O/c1-10-3-4-14(18-2)11(5-10)6-13(15)12-7-16-9-17-8-12/h3-5,7-9,13H,6,15H2,1-2H3. The van der Waals surface area contributed by atoms with E-state index < -0.39 is 0 Å². The zero-order valence-electron chi connectivity index (χ0n) is 10.6. The highest BCUT2D eigenvalue weighted by molar-refractivity contribution is 5.38. The van der Waals surface area contributed by atoms with E-state index in [0.29, 0.717) is 6.42 Å². The average Bonchev–Trinajstić information content (AvgIpc) is 2.40. The lowest BCUT2D eigenvalue weighted by atomic mass is 10.00. The molecule has 0 aliphatic rings. The first kappa shape index (κ1) is 12.5. The van der Waals surface area contributed by atoms with Crippen LogP contribution in [0, 0.1) is 6.92 Å². The van der Waals surface area contributed by atoms with Crippen LogP contribution in [0.15, 0.2) is 36.9 Å². The Morgan fingerprint density at radius 1 is 1.28 bits per heavy atom. The van der Waals surface area contributed by atoms with Gasteiger partial charge in [-0.25, -0.2) is 9.97 Å². The summed E-state index contributed by atoms with van der Waals surface area (Å²) >= 11 is 0. The molecule has 1 atom stereocenters. The molecule has 1 aromatic heterocycles. The summed E-state index contributed by atoms with van der Waals surface area (Å²) in [6.45, 7) is 2.06. The van der Waals surface area contributed by atoms with E-state index in [0.717, 1.165) is 16.9 Å². The van der Waals surface area contributed by atoms with Gasteiger partial charge in [-0.1, -0.05) is 17.7 Å². The van der Waals surface area contributed by atoms with Crippen LogP contribution < -0.4 is 10.5 Å². The molecule has 18 heavy (non-hydrogen) atoms. The molecule has 0 bridgehead atoms. The molecule has 1 heterocycles. The first-order valence-electron chi connectivity index (χ1n) is 5.84. The maximum atomic E-state index is 6.17. The van der Waals surface area contributed by atoms with E-state index in [1.165, 1.54) is 11.9 Å². The number of rotatable bonds is 4. The Balaban J connectivity index is 2.21. The average molecular weight is 243 g/mol. The van der Waals surface area contributed by atoms with Gasteiger partial charge in [0, 0.05) is 24.0 Å². The molecule has 0 aliphatic carbocycles. The normalized spacial score (nSPS) is 12.2. The molecule has 0 radical (unpaired) electrons. The number of nitrogens with zero attached hydrogens (tertiary/aromatic N) is 2. The minimum Gasteiger partial charge on any atom is -0.496 e. The minimum atomic E-state index is -0.123. The van der Waals surface area contributed by atoms with E-state index in [-0.39, 0.29) is 6.04 Å². The van der Waals surface area contributed by atoms with Crippen LogP contribution in [0.5, 0.6) is 5.75 Å². The Hall–Kier alpha value is -1.94. The molecule has 0 fully saturated rings. The van der Waals surface area contributed by atoms with Crippen LogP contribution in [0.25, 0.3) is 0 Å². The summed E-state index contributed by atoms with van der Waals surface area (Å²) in [6, 6.07) is 5.97. The molecular weight excluding hydrogens is 226 g/mol. The van der Waals surface area contributed by atoms with Gasteiger partial charge < -0.3 is 10.5 Å². The number of methoxy groups -OCH3 is 1. The lowest BCUT2D eigenvalue weighted by Gasteiger charge is -2.14. The fraction of sp³-hybridized carbons (Fsp3) is 0.286. The quantitative estimate of drug-likeness (QED) is 0.892. The van der Waals surface area contributed by atoms with Gasteiger partial charge in [0.2, 0.25) is 0 Å². The fourth-order valence-electron chi connectivity index (χ4n) is 1.92. The van der Waals surface area contributed by atoms with Crippen molar-refractivity contribution in [1.29, 1.82) is 0 Å². The SMILES string of the molecule is COc1ccc(C)cc1CC(N)c1cncnc1. The molecular formula is C14H17N3O. The van der Waals surface area contributed by atoms with Crippen molar-refractivity contribution >= 4 is 0 Å². The smallest absolute Gasteiger partial charge is 0.122 e. The molecule has 4 heteroatoms. The Labute approximate surface area is 107 Å². The third-order valence-corrected chi connectivity index (χ3v) is 2.88. The number of aromatic nitrogens is 2. The zero-order chi connectivity index (χ0) is 13.0. The van der Waals surface area contributed by atoms with Crippen LogP contribution in [0.4, 0.5) is 0 Å². The molecule has 2 aromatic rings. The van der Waals surface area contributed by atoms with Crippen molar-refractivity contribution in [3.05, 3.63) is 53.6 Å². The largest absolute Gasteiger partial charge is 0.496 e. The lowest BCUT2D eigenvalue weighted by Crippen LogP contribution is -2.14. The summed E-state index contributed by atoms with van der Waals surface area (Å²) in [5.41, 5.74) is 9.40. The molecule has 2 rings (SSSR count). The third kappa shape index (κ3) is 2.84. The summed E-state index contributed by atoms with van der Waals surface area (Å²) in [6.07, 6.45) is 5.71. The van der Waals surface area contributed by atoms with Gasteiger partial charge in [-0.2, -0.15) is 0 Å². The van der Waals surface area contributed by atoms with Crippen LogP contribution in [0.2, 0.25) is 0 Å². The Morgan fingerprint density at radius 2 is 2.00 bits per heavy atom. The highest BCUT2D eigenvalue weighted by atomic mass is 16.5. The van der Waals surface area contributed by atoms with Crippen LogP contribution >= 0.6 is 0 Å². The molecule has 1 unspecified atom stereocenters. The van der Waals surface area contributed by atoms with Gasteiger partial charge in [-0.15, -0.1) is 0 Å². The van der Waals surface area contributed by atoms with Gasteiger partial charge in [0.05, 0.1) is 7.11 Å². The second kappa shape index (κ2) is 5.60. The van der Waals surface area contributed by atoms with Crippen LogP contribution in [-0.4, -0.2) is 17.1 Å². The summed E-state index contributed by atoms with van der Waals surface area (Å²) in [4.78, 5) is 7.97. The number of hydrogen-bond acceptors (Lipinski definition) is 4. The van der Waals surface area contributed by atoms with E-state index in [1.807, 2.05) is 12.1 Å². The molecule has 0 saturated carbocycles. The number of ether oxygens (including phenoxy) is 1. The van der Waals surface area contributed by atoms with Crippen molar-refractivity contribution in [2.75, 3.05) is 7.11 Å². The van der Waals surface area contributed by atoms with E-state index >= 15 is 0 Å². The van der Waals surface area contributed by atoms with E-state index in [4.69, 9.17) is 10.5 Å². The summed E-state index contributed by atoms with van der Waals surface area (Å²) in [5.74, 6) is 0.868. The van der Waals surface area contributed by atoms with Crippen LogP contribution in [-0.2, 0) is 6.42 Å². The summed E-state index contributed by atoms with van der Waals surface area (Å²) in [5, 5.41) is 0. The Bertz CT molecular complexity index is 514. The Kier molecular flexibility index (Phi) is 3.89. The zero-order valence-corrected chi connectivity index (χ0v) is 10.6. The maximum Gasteiger partial charge on any atom is 0.122 e. The van der Waals surface area contributed by atoms with Crippen LogP contribution in [0.3, 0.4) is 0 Å². The monoisotopic (exact) mass is 243 g/mol. The van der Waals surface area contributed by atoms with E-state index in [2.05, 4.69) is 23.0 Å². The number of hydrogen-bond donors (Lipinski definition) is 1. The summed E-state index contributed by atoms with van der Waals surface area (Å²) < 4.78 is 5.35. The van der Waals surface area contributed by atoms with E-state index in [9.17, 15) is 0 Å². The van der Waals surface area contributed by atoms with Crippen molar-refractivity contribution < 1.29 is 4.74 Å². The van der Waals surface area contributed by atoms with Crippen molar-refractivity contribution in [2.24, 2.45) is 5.73 Å². The van der Waals surface area contributed by atoms with Gasteiger partial charge in [0.25, 0.3) is 0 Å². The summed E-state index contributed by atoms with van der Waals surface area (Å²) in [7, 11) is 1.67. The molecule has 94 valence electrons. The van der Waals surface area contributed by atoms with Gasteiger partial charge >= 0.3 is 0 Å². The second-order valence-electron chi connectivity index (χ2n) is 4.30. The van der Waals surface area contributed by atoms with Crippen molar-refractivity contribution in [3.63, 3.8) is 0 Å². The Morgan fingerprint density at radius 3 is 2.67 bits per heavy atom. The predicted molar refractivity (Wildman–Crippen MR) is 70.4 cm³/mol. The highest BCUT2D eigenvalue weighted by Crippen LogP contribution is 2.24. The minimum absolute atomic E-state index is 0.123. The topological polar surface area (TPSA) is 61.0 Å². The predicted octanol–water partition coefficient (Wildman–Crippen LogP) is 2.04. The first-order chi connectivity index (χ1) is 8.70. The molecule has 0 spiro atoms. The molecule has 0 amide bonds. The van der Waals surface area contributed by atoms with Gasteiger partial charge in [0.15, 0.2) is 0 Å². The maximum absolute atomic E-state index is 6.17. The molecule has 0 aliphatic heterocycles. The molecule has 2 N–H and O–H groups in total. The van der Waals surface area contributed by atoms with E-state index in [1.54, 1.807) is 19.5 Å². The number of benzene rings is 1. The molecule has 1 aromatic carbocycles. The third-order valence-electron chi connectivity index (χ3n) is 2.88.